The Morgan fingerprint density at radius 3 is 2.67 bits per heavy atom. The SMILES string of the molecule is CC(C)(C)C(CCCl)NC(=O)c1ccncc1Cl. The van der Waals surface area contributed by atoms with E-state index >= 15 is 0 Å². The standard InChI is InChI=1S/C13H18Cl2N2O/c1-13(2,3)11(4-6-14)17-12(18)9-5-7-16-8-10(9)15/h5,7-8,11H,4,6H2,1-3H3,(H,17,18). The van der Waals surface area contributed by atoms with Crippen molar-refractivity contribution in [2.45, 2.75) is 33.2 Å². The molecule has 0 aliphatic rings. The van der Waals surface area contributed by atoms with Crippen LogP contribution in [-0.2, 0) is 0 Å². The lowest BCUT2D eigenvalue weighted by Crippen LogP contribution is -2.44. The quantitative estimate of drug-likeness (QED) is 0.862. The third-order valence-corrected chi connectivity index (χ3v) is 3.28. The number of amides is 1. The fourth-order valence-electron chi connectivity index (χ4n) is 1.63. The molecule has 1 aromatic rings. The molecule has 0 saturated carbocycles. The van der Waals surface area contributed by atoms with Gasteiger partial charge in [-0.15, -0.1) is 11.6 Å². The zero-order chi connectivity index (χ0) is 13.8. The second-order valence-corrected chi connectivity index (χ2v) is 6.01. The van der Waals surface area contributed by atoms with E-state index in [0.717, 1.165) is 6.42 Å². The molecule has 0 fully saturated rings. The highest BCUT2D eigenvalue weighted by atomic mass is 35.5. The average molecular weight is 289 g/mol. The van der Waals surface area contributed by atoms with Crippen molar-refractivity contribution < 1.29 is 4.79 Å². The maximum absolute atomic E-state index is 12.1. The van der Waals surface area contributed by atoms with Crippen LogP contribution in [0.2, 0.25) is 5.02 Å². The minimum Gasteiger partial charge on any atom is -0.349 e. The van der Waals surface area contributed by atoms with E-state index in [9.17, 15) is 4.79 Å². The molecule has 100 valence electrons. The molecule has 1 heterocycles. The van der Waals surface area contributed by atoms with Gasteiger partial charge in [0.15, 0.2) is 0 Å². The Morgan fingerprint density at radius 1 is 1.50 bits per heavy atom. The molecule has 18 heavy (non-hydrogen) atoms. The molecule has 1 N–H and O–H groups in total. The van der Waals surface area contributed by atoms with Crippen LogP contribution in [0.3, 0.4) is 0 Å². The van der Waals surface area contributed by atoms with Gasteiger partial charge in [0.25, 0.3) is 5.91 Å². The first kappa shape index (κ1) is 15.3. The molecule has 0 spiro atoms. The predicted molar refractivity (Wildman–Crippen MR) is 75.3 cm³/mol. The molecular formula is C13H18Cl2N2O. The van der Waals surface area contributed by atoms with Gasteiger partial charge in [-0.3, -0.25) is 9.78 Å². The second-order valence-electron chi connectivity index (χ2n) is 5.23. The van der Waals surface area contributed by atoms with Crippen LogP contribution in [-0.4, -0.2) is 22.8 Å². The molecule has 5 heteroatoms. The Balaban J connectivity index is 2.82. The monoisotopic (exact) mass is 288 g/mol. The smallest absolute Gasteiger partial charge is 0.253 e. The number of nitrogens with zero attached hydrogens (tertiary/aromatic N) is 1. The van der Waals surface area contributed by atoms with Crippen molar-refractivity contribution >= 4 is 29.1 Å². The molecule has 0 radical (unpaired) electrons. The number of carbonyl (C=O) groups excluding carboxylic acids is 1. The first-order valence-electron chi connectivity index (χ1n) is 5.82. The summed E-state index contributed by atoms with van der Waals surface area (Å²) in [7, 11) is 0. The van der Waals surface area contributed by atoms with Crippen molar-refractivity contribution in [1.82, 2.24) is 10.3 Å². The number of nitrogens with one attached hydrogen (secondary N) is 1. The lowest BCUT2D eigenvalue weighted by atomic mass is 9.85. The minimum absolute atomic E-state index is 0.00623. The molecule has 1 rings (SSSR count). The largest absolute Gasteiger partial charge is 0.349 e. The van der Waals surface area contributed by atoms with E-state index in [0.29, 0.717) is 16.5 Å². The van der Waals surface area contributed by atoms with Crippen LogP contribution in [0.25, 0.3) is 0 Å². The summed E-state index contributed by atoms with van der Waals surface area (Å²) in [5.74, 6) is 0.319. The van der Waals surface area contributed by atoms with Crippen LogP contribution in [0, 0.1) is 5.41 Å². The van der Waals surface area contributed by atoms with Crippen LogP contribution in [0.15, 0.2) is 18.5 Å². The molecule has 0 aromatic carbocycles. The van der Waals surface area contributed by atoms with E-state index in [-0.39, 0.29) is 17.4 Å². The van der Waals surface area contributed by atoms with Gasteiger partial charge in [0, 0.05) is 24.3 Å². The Hall–Kier alpha value is -0.800. The number of aromatic nitrogens is 1. The third kappa shape index (κ3) is 4.14. The van der Waals surface area contributed by atoms with Crippen LogP contribution < -0.4 is 5.32 Å². The summed E-state index contributed by atoms with van der Waals surface area (Å²) in [6, 6.07) is 1.62. The number of pyridine rings is 1. The first-order valence-corrected chi connectivity index (χ1v) is 6.74. The molecule has 0 saturated heterocycles. The van der Waals surface area contributed by atoms with Gasteiger partial charge in [0.1, 0.15) is 0 Å². The highest BCUT2D eigenvalue weighted by Crippen LogP contribution is 2.23. The maximum atomic E-state index is 12.1. The van der Waals surface area contributed by atoms with Gasteiger partial charge >= 0.3 is 0 Å². The highest BCUT2D eigenvalue weighted by molar-refractivity contribution is 6.33. The van der Waals surface area contributed by atoms with Crippen molar-refractivity contribution in [2.24, 2.45) is 5.41 Å². The molecule has 3 nitrogen and oxygen atoms in total. The van der Waals surface area contributed by atoms with E-state index in [1.165, 1.54) is 6.20 Å². The van der Waals surface area contributed by atoms with Crippen LogP contribution in [0.5, 0.6) is 0 Å². The van der Waals surface area contributed by atoms with Crippen LogP contribution in [0.4, 0.5) is 0 Å². The van der Waals surface area contributed by atoms with E-state index in [4.69, 9.17) is 23.2 Å². The summed E-state index contributed by atoms with van der Waals surface area (Å²) in [4.78, 5) is 16.0. The summed E-state index contributed by atoms with van der Waals surface area (Å²) in [5.41, 5.74) is 0.389. The molecule has 1 aromatic heterocycles. The van der Waals surface area contributed by atoms with E-state index in [2.05, 4.69) is 31.1 Å². The number of carbonyl (C=O) groups is 1. The molecule has 1 atom stereocenters. The zero-order valence-corrected chi connectivity index (χ0v) is 12.3. The molecular weight excluding hydrogens is 271 g/mol. The fraction of sp³-hybridized carbons (Fsp3) is 0.538. The molecule has 0 aliphatic carbocycles. The van der Waals surface area contributed by atoms with Crippen molar-refractivity contribution in [3.05, 3.63) is 29.0 Å². The Bertz CT molecular complexity index is 416. The Labute approximate surface area is 118 Å². The maximum Gasteiger partial charge on any atom is 0.253 e. The zero-order valence-electron chi connectivity index (χ0n) is 10.8. The molecule has 0 bridgehead atoms. The van der Waals surface area contributed by atoms with Crippen molar-refractivity contribution in [2.75, 3.05) is 5.88 Å². The number of hydrogen-bond acceptors (Lipinski definition) is 2. The lowest BCUT2D eigenvalue weighted by molar-refractivity contribution is 0.0900. The summed E-state index contributed by atoms with van der Waals surface area (Å²) >= 11 is 11.7. The van der Waals surface area contributed by atoms with Gasteiger partial charge in [-0.2, -0.15) is 0 Å². The van der Waals surface area contributed by atoms with Crippen molar-refractivity contribution in [3.8, 4) is 0 Å². The summed E-state index contributed by atoms with van der Waals surface area (Å²) in [6.45, 7) is 6.20. The highest BCUT2D eigenvalue weighted by Gasteiger charge is 2.26. The van der Waals surface area contributed by atoms with Gasteiger partial charge in [0.2, 0.25) is 0 Å². The normalized spacial score (nSPS) is 13.2. The first-order chi connectivity index (χ1) is 8.36. The number of halogens is 2. The third-order valence-electron chi connectivity index (χ3n) is 2.77. The van der Waals surface area contributed by atoms with Gasteiger partial charge < -0.3 is 5.32 Å². The number of alkyl halides is 1. The summed E-state index contributed by atoms with van der Waals surface area (Å²) in [6.07, 6.45) is 3.73. The van der Waals surface area contributed by atoms with E-state index in [1.54, 1.807) is 12.3 Å². The van der Waals surface area contributed by atoms with Crippen molar-refractivity contribution in [3.63, 3.8) is 0 Å². The topological polar surface area (TPSA) is 42.0 Å². The predicted octanol–water partition coefficient (Wildman–Crippen LogP) is 3.51. The van der Waals surface area contributed by atoms with E-state index < -0.39 is 0 Å². The Morgan fingerprint density at radius 2 is 2.17 bits per heavy atom. The van der Waals surface area contributed by atoms with Gasteiger partial charge in [0.05, 0.1) is 10.6 Å². The fourth-order valence-corrected chi connectivity index (χ4v) is 2.05. The number of hydrogen-bond donors (Lipinski definition) is 1. The second kappa shape index (κ2) is 6.39. The van der Waals surface area contributed by atoms with Crippen molar-refractivity contribution in [1.29, 1.82) is 0 Å². The number of rotatable bonds is 4. The molecule has 1 unspecified atom stereocenters. The van der Waals surface area contributed by atoms with Gasteiger partial charge in [-0.05, 0) is 17.9 Å². The van der Waals surface area contributed by atoms with Crippen LogP contribution >= 0.6 is 23.2 Å². The van der Waals surface area contributed by atoms with Gasteiger partial charge in [-0.1, -0.05) is 32.4 Å². The minimum atomic E-state index is -0.188. The van der Waals surface area contributed by atoms with Gasteiger partial charge in [-0.25, -0.2) is 0 Å². The summed E-state index contributed by atoms with van der Waals surface area (Å²) in [5, 5.41) is 3.33. The Kier molecular flexibility index (Phi) is 5.42. The molecule has 1 amide bonds. The average Bonchev–Trinajstić information content (AvgIpc) is 2.27. The molecule has 0 aliphatic heterocycles. The lowest BCUT2D eigenvalue weighted by Gasteiger charge is -2.31. The van der Waals surface area contributed by atoms with Crippen LogP contribution in [0.1, 0.15) is 37.6 Å². The van der Waals surface area contributed by atoms with E-state index in [1.807, 2.05) is 0 Å². The summed E-state index contributed by atoms with van der Waals surface area (Å²) < 4.78 is 0.